The molecule has 1 rings (SSSR count). The van der Waals surface area contributed by atoms with E-state index in [9.17, 15) is 4.79 Å². The molecule has 3 N–H and O–H groups in total. The van der Waals surface area contributed by atoms with Crippen molar-refractivity contribution in [2.75, 3.05) is 37.9 Å². The smallest absolute Gasteiger partial charge is 0.337 e. The average Bonchev–Trinajstić information content (AvgIpc) is 2.43. The molecule has 0 fully saturated rings. The van der Waals surface area contributed by atoms with Gasteiger partial charge in [0.1, 0.15) is 0 Å². The van der Waals surface area contributed by atoms with Crippen molar-refractivity contribution in [2.45, 2.75) is 19.8 Å². The Morgan fingerprint density at radius 1 is 1.37 bits per heavy atom. The maximum Gasteiger partial charge on any atom is 0.337 e. The molecule has 1 aromatic rings. The molecule has 1 aromatic carbocycles. The van der Waals surface area contributed by atoms with E-state index in [0.717, 1.165) is 38.3 Å². The van der Waals surface area contributed by atoms with Crippen LogP contribution in [0.2, 0.25) is 0 Å². The molecular weight excluding hydrogens is 244 g/mol. The molecule has 0 saturated carbocycles. The molecule has 0 heterocycles. The Hall–Kier alpha value is -1.75. The molecule has 19 heavy (non-hydrogen) atoms. The summed E-state index contributed by atoms with van der Waals surface area (Å²) in [6.45, 7) is 4.41. The Morgan fingerprint density at radius 3 is 2.79 bits per heavy atom. The Bertz CT molecular complexity index is 408. The first-order valence-electron chi connectivity index (χ1n) is 6.48. The highest BCUT2D eigenvalue weighted by molar-refractivity contribution is 5.91. The maximum atomic E-state index is 11.3. The number of rotatable bonds is 8. The Morgan fingerprint density at radius 2 is 2.16 bits per heavy atom. The van der Waals surface area contributed by atoms with Crippen LogP contribution in [0.3, 0.4) is 0 Å². The molecule has 0 aliphatic heterocycles. The van der Waals surface area contributed by atoms with Crippen molar-refractivity contribution in [3.8, 4) is 0 Å². The van der Waals surface area contributed by atoms with Crippen LogP contribution in [0, 0.1) is 0 Å². The normalized spacial score (nSPS) is 10.2. The van der Waals surface area contributed by atoms with Crippen molar-refractivity contribution < 1.29 is 14.3 Å². The van der Waals surface area contributed by atoms with Crippen molar-refractivity contribution in [3.05, 3.63) is 23.8 Å². The predicted octanol–water partition coefficient (Wildman–Crippen LogP) is 2.28. The zero-order valence-corrected chi connectivity index (χ0v) is 11.6. The number of nitrogens with one attached hydrogen (secondary N) is 1. The summed E-state index contributed by atoms with van der Waals surface area (Å²) in [5, 5.41) is 3.22. The van der Waals surface area contributed by atoms with Gasteiger partial charge in [-0.3, -0.25) is 0 Å². The Kier molecular flexibility index (Phi) is 6.74. The third kappa shape index (κ3) is 5.18. The highest BCUT2D eigenvalue weighted by Gasteiger charge is 2.07. The molecule has 0 spiro atoms. The van der Waals surface area contributed by atoms with Crippen molar-refractivity contribution >= 4 is 17.3 Å². The molecule has 0 aliphatic carbocycles. The fraction of sp³-hybridized carbons (Fsp3) is 0.500. The van der Waals surface area contributed by atoms with E-state index >= 15 is 0 Å². The summed E-state index contributed by atoms with van der Waals surface area (Å²) in [4.78, 5) is 11.3. The summed E-state index contributed by atoms with van der Waals surface area (Å²) in [5.74, 6) is -0.383. The molecule has 0 unspecified atom stereocenters. The first kappa shape index (κ1) is 15.3. The first-order chi connectivity index (χ1) is 9.19. The van der Waals surface area contributed by atoms with E-state index in [1.54, 1.807) is 18.2 Å². The van der Waals surface area contributed by atoms with Gasteiger partial charge in [-0.05, 0) is 31.0 Å². The highest BCUT2D eigenvalue weighted by atomic mass is 16.5. The quantitative estimate of drug-likeness (QED) is 0.429. The third-order valence-corrected chi connectivity index (χ3v) is 2.60. The summed E-state index contributed by atoms with van der Waals surface area (Å²) >= 11 is 0. The molecule has 0 aliphatic rings. The van der Waals surface area contributed by atoms with Crippen LogP contribution in [-0.2, 0) is 9.47 Å². The fourth-order valence-corrected chi connectivity index (χ4v) is 1.61. The van der Waals surface area contributed by atoms with E-state index in [-0.39, 0.29) is 5.97 Å². The van der Waals surface area contributed by atoms with Gasteiger partial charge in [-0.25, -0.2) is 4.79 Å². The van der Waals surface area contributed by atoms with Gasteiger partial charge in [-0.1, -0.05) is 6.92 Å². The van der Waals surface area contributed by atoms with Crippen molar-refractivity contribution in [3.63, 3.8) is 0 Å². The van der Waals surface area contributed by atoms with Crippen LogP contribution in [0.25, 0.3) is 0 Å². The number of nitrogen functional groups attached to an aromatic ring is 1. The van der Waals surface area contributed by atoms with Crippen molar-refractivity contribution in [2.24, 2.45) is 0 Å². The summed E-state index contributed by atoms with van der Waals surface area (Å²) in [6.07, 6.45) is 1.95. The summed E-state index contributed by atoms with van der Waals surface area (Å²) in [6, 6.07) is 5.09. The van der Waals surface area contributed by atoms with Crippen LogP contribution in [-0.4, -0.2) is 32.8 Å². The summed E-state index contributed by atoms with van der Waals surface area (Å²) in [5.41, 5.74) is 7.69. The molecule has 106 valence electrons. The van der Waals surface area contributed by atoms with Gasteiger partial charge >= 0.3 is 5.97 Å². The van der Waals surface area contributed by atoms with Gasteiger partial charge in [0.15, 0.2) is 0 Å². The largest absolute Gasteiger partial charge is 0.465 e. The molecular formula is C14H22N2O3. The van der Waals surface area contributed by atoms with Crippen molar-refractivity contribution in [1.29, 1.82) is 0 Å². The summed E-state index contributed by atoms with van der Waals surface area (Å²) in [7, 11) is 1.35. The second-order valence-electron chi connectivity index (χ2n) is 4.19. The zero-order valence-electron chi connectivity index (χ0n) is 11.6. The second-order valence-corrected chi connectivity index (χ2v) is 4.19. The number of methoxy groups -OCH3 is 1. The lowest BCUT2D eigenvalue weighted by molar-refractivity contribution is 0.0601. The van der Waals surface area contributed by atoms with E-state index in [1.807, 2.05) is 0 Å². The highest BCUT2D eigenvalue weighted by Crippen LogP contribution is 2.20. The molecule has 0 atom stereocenters. The van der Waals surface area contributed by atoms with E-state index in [1.165, 1.54) is 7.11 Å². The molecule has 0 radical (unpaired) electrons. The summed E-state index contributed by atoms with van der Waals surface area (Å²) < 4.78 is 10.0. The molecule has 0 aromatic heterocycles. The molecule has 0 amide bonds. The topological polar surface area (TPSA) is 73.6 Å². The Labute approximate surface area is 114 Å². The van der Waals surface area contributed by atoms with Crippen LogP contribution >= 0.6 is 0 Å². The second kappa shape index (κ2) is 8.37. The van der Waals surface area contributed by atoms with E-state index in [4.69, 9.17) is 10.5 Å². The number of benzene rings is 1. The van der Waals surface area contributed by atoms with Gasteiger partial charge in [0, 0.05) is 19.8 Å². The van der Waals surface area contributed by atoms with Gasteiger partial charge in [-0.2, -0.15) is 0 Å². The van der Waals surface area contributed by atoms with Gasteiger partial charge in [0.25, 0.3) is 0 Å². The van der Waals surface area contributed by atoms with Gasteiger partial charge < -0.3 is 20.5 Å². The van der Waals surface area contributed by atoms with Gasteiger partial charge in [-0.15, -0.1) is 0 Å². The fourth-order valence-electron chi connectivity index (χ4n) is 1.61. The average molecular weight is 266 g/mol. The lowest BCUT2D eigenvalue weighted by Crippen LogP contribution is -2.09. The monoisotopic (exact) mass is 266 g/mol. The molecule has 0 saturated heterocycles. The number of carbonyl (C=O) groups is 1. The van der Waals surface area contributed by atoms with Crippen LogP contribution in [0.5, 0.6) is 0 Å². The maximum absolute atomic E-state index is 11.3. The van der Waals surface area contributed by atoms with Crippen LogP contribution in [0.1, 0.15) is 30.1 Å². The number of esters is 1. The molecule has 5 nitrogen and oxygen atoms in total. The minimum atomic E-state index is -0.383. The Balaban J connectivity index is 2.40. The molecule has 0 bridgehead atoms. The van der Waals surface area contributed by atoms with E-state index in [0.29, 0.717) is 11.3 Å². The number of hydrogen-bond acceptors (Lipinski definition) is 5. The van der Waals surface area contributed by atoms with Crippen molar-refractivity contribution in [1.82, 2.24) is 0 Å². The first-order valence-corrected chi connectivity index (χ1v) is 6.48. The SMILES string of the molecule is CCCOCCCNc1ccc(C(=O)OC)cc1N. The number of ether oxygens (including phenoxy) is 2. The third-order valence-electron chi connectivity index (χ3n) is 2.60. The number of hydrogen-bond donors (Lipinski definition) is 2. The number of anilines is 2. The predicted molar refractivity (Wildman–Crippen MR) is 76.4 cm³/mol. The lowest BCUT2D eigenvalue weighted by Gasteiger charge is -2.10. The van der Waals surface area contributed by atoms with E-state index in [2.05, 4.69) is 17.0 Å². The molecule has 5 heteroatoms. The lowest BCUT2D eigenvalue weighted by atomic mass is 10.1. The van der Waals surface area contributed by atoms with Gasteiger partial charge in [0.2, 0.25) is 0 Å². The van der Waals surface area contributed by atoms with Crippen LogP contribution in [0.15, 0.2) is 18.2 Å². The van der Waals surface area contributed by atoms with E-state index < -0.39 is 0 Å². The van der Waals surface area contributed by atoms with Crippen LogP contribution in [0.4, 0.5) is 11.4 Å². The minimum absolute atomic E-state index is 0.383. The van der Waals surface area contributed by atoms with Crippen LogP contribution < -0.4 is 11.1 Å². The minimum Gasteiger partial charge on any atom is -0.465 e. The van der Waals surface area contributed by atoms with Gasteiger partial charge in [0.05, 0.1) is 24.0 Å². The number of carbonyl (C=O) groups excluding carboxylic acids is 1. The number of nitrogens with two attached hydrogens (primary N) is 1. The zero-order chi connectivity index (χ0) is 14.1. The standard InChI is InChI=1S/C14H22N2O3/c1-3-8-19-9-4-7-16-13-6-5-11(10-12(13)15)14(17)18-2/h5-6,10,16H,3-4,7-9,15H2,1-2H3.